The summed E-state index contributed by atoms with van der Waals surface area (Å²) in [7, 11) is 0. The van der Waals surface area contributed by atoms with E-state index in [1.165, 1.54) is 0 Å². The van der Waals surface area contributed by atoms with Crippen molar-refractivity contribution < 1.29 is 14.6 Å². The van der Waals surface area contributed by atoms with E-state index in [0.717, 1.165) is 37.9 Å². The number of fused-ring (bicyclic) bond motifs is 3. The van der Waals surface area contributed by atoms with Crippen molar-refractivity contribution in [1.29, 1.82) is 0 Å². The molecule has 0 heterocycles. The van der Waals surface area contributed by atoms with E-state index in [1.807, 2.05) is 103 Å². The van der Waals surface area contributed by atoms with Gasteiger partial charge in [-0.2, -0.15) is 0 Å². The van der Waals surface area contributed by atoms with E-state index in [9.17, 15) is 9.90 Å². The third-order valence-electron chi connectivity index (χ3n) is 6.43. The topological polar surface area (TPSA) is 46.5 Å². The molecule has 35 heavy (non-hydrogen) atoms. The van der Waals surface area contributed by atoms with Gasteiger partial charge in [-0.25, -0.2) is 0 Å². The maximum Gasteiger partial charge on any atom is 0.315 e. The summed E-state index contributed by atoms with van der Waals surface area (Å²) in [5, 5.41) is 17.0. The second-order valence-corrected chi connectivity index (χ2v) is 8.67. The van der Waals surface area contributed by atoms with E-state index in [-0.39, 0.29) is 18.1 Å². The van der Waals surface area contributed by atoms with Gasteiger partial charge in [-0.1, -0.05) is 103 Å². The van der Waals surface area contributed by atoms with Gasteiger partial charge >= 0.3 is 5.97 Å². The van der Waals surface area contributed by atoms with Crippen molar-refractivity contribution in [2.45, 2.75) is 6.42 Å². The minimum Gasteiger partial charge on any atom is -0.507 e. The molecule has 0 aliphatic heterocycles. The van der Waals surface area contributed by atoms with Crippen molar-refractivity contribution in [1.82, 2.24) is 0 Å². The first kappa shape index (κ1) is 20.9. The largest absolute Gasteiger partial charge is 0.507 e. The number of phenols is 1. The zero-order chi connectivity index (χ0) is 23.8. The number of ether oxygens (including phenoxy) is 1. The monoisotopic (exact) mass is 454 g/mol. The predicted octanol–water partition coefficient (Wildman–Crippen LogP) is 7.67. The summed E-state index contributed by atoms with van der Waals surface area (Å²) in [5.74, 6) is 0.226. The summed E-state index contributed by atoms with van der Waals surface area (Å²) in [6, 6.07) is 37.3. The number of rotatable bonds is 4. The van der Waals surface area contributed by atoms with Crippen molar-refractivity contribution >= 4 is 38.3 Å². The van der Waals surface area contributed by atoms with Crippen molar-refractivity contribution in [3.8, 4) is 22.6 Å². The molecular weight excluding hydrogens is 432 g/mol. The molecule has 0 saturated carbocycles. The standard InChI is InChI=1S/C32H22O3/c33-28-17-15-23-8-3-5-11-26(23)31(28)32-27-12-6-4-9-24(27)16-18-29(32)35-30(34)20-21-13-14-22-7-1-2-10-25(22)19-21/h1-19,33H,20H2. The van der Waals surface area contributed by atoms with E-state index in [4.69, 9.17) is 4.74 Å². The van der Waals surface area contributed by atoms with Gasteiger partial charge in [0.2, 0.25) is 0 Å². The quantitative estimate of drug-likeness (QED) is 0.220. The molecule has 3 heteroatoms. The van der Waals surface area contributed by atoms with Crippen LogP contribution in [-0.4, -0.2) is 11.1 Å². The maximum absolute atomic E-state index is 13.1. The molecule has 0 aliphatic carbocycles. The number of hydrogen-bond acceptors (Lipinski definition) is 3. The van der Waals surface area contributed by atoms with Crippen LogP contribution in [0.3, 0.4) is 0 Å². The third-order valence-corrected chi connectivity index (χ3v) is 6.43. The van der Waals surface area contributed by atoms with Crippen LogP contribution in [0.4, 0.5) is 0 Å². The highest BCUT2D eigenvalue weighted by molar-refractivity contribution is 6.10. The highest BCUT2D eigenvalue weighted by atomic mass is 16.5. The van der Waals surface area contributed by atoms with E-state index in [2.05, 4.69) is 6.07 Å². The Morgan fingerprint density at radius 3 is 1.91 bits per heavy atom. The predicted molar refractivity (Wildman–Crippen MR) is 142 cm³/mol. The fourth-order valence-corrected chi connectivity index (χ4v) is 4.79. The van der Waals surface area contributed by atoms with Crippen LogP contribution in [0.15, 0.2) is 115 Å². The lowest BCUT2D eigenvalue weighted by atomic mass is 9.92. The van der Waals surface area contributed by atoms with Gasteiger partial charge in [-0.05, 0) is 50.0 Å². The Labute approximate surface area is 202 Å². The average Bonchev–Trinajstić information content (AvgIpc) is 2.89. The molecule has 0 aliphatic rings. The average molecular weight is 455 g/mol. The normalized spacial score (nSPS) is 11.2. The lowest BCUT2D eigenvalue weighted by Crippen LogP contribution is -2.12. The molecule has 0 aromatic heterocycles. The summed E-state index contributed by atoms with van der Waals surface area (Å²) >= 11 is 0. The summed E-state index contributed by atoms with van der Waals surface area (Å²) in [6.45, 7) is 0. The van der Waals surface area contributed by atoms with Crippen LogP contribution in [0.1, 0.15) is 5.56 Å². The smallest absolute Gasteiger partial charge is 0.315 e. The third kappa shape index (κ3) is 3.87. The molecule has 0 radical (unpaired) electrons. The molecule has 0 saturated heterocycles. The number of carbonyl (C=O) groups excluding carboxylic acids is 1. The van der Waals surface area contributed by atoms with E-state index in [0.29, 0.717) is 16.9 Å². The fraction of sp³-hybridized carbons (Fsp3) is 0.0312. The highest BCUT2D eigenvalue weighted by Crippen LogP contribution is 2.45. The van der Waals surface area contributed by atoms with Crippen LogP contribution in [0, 0.1) is 0 Å². The van der Waals surface area contributed by atoms with Crippen molar-refractivity contribution in [2.75, 3.05) is 0 Å². The minimum atomic E-state index is -0.350. The molecule has 6 aromatic carbocycles. The van der Waals surface area contributed by atoms with Crippen LogP contribution in [0.2, 0.25) is 0 Å². The zero-order valence-electron chi connectivity index (χ0n) is 18.9. The molecule has 1 N–H and O–H groups in total. The lowest BCUT2D eigenvalue weighted by molar-refractivity contribution is -0.133. The summed E-state index contributed by atoms with van der Waals surface area (Å²) in [6.07, 6.45) is 0.151. The first-order valence-corrected chi connectivity index (χ1v) is 11.6. The Morgan fingerprint density at radius 1 is 0.600 bits per heavy atom. The van der Waals surface area contributed by atoms with Gasteiger partial charge in [0.25, 0.3) is 0 Å². The van der Waals surface area contributed by atoms with Gasteiger partial charge in [0.05, 0.1) is 6.42 Å². The molecule has 0 fully saturated rings. The second-order valence-electron chi connectivity index (χ2n) is 8.67. The van der Waals surface area contributed by atoms with Gasteiger partial charge in [0.1, 0.15) is 11.5 Å². The fourth-order valence-electron chi connectivity index (χ4n) is 4.79. The molecule has 0 unspecified atom stereocenters. The minimum absolute atomic E-state index is 0.145. The molecule has 0 atom stereocenters. The SMILES string of the molecule is O=C(Cc1ccc2ccccc2c1)Oc1ccc2ccccc2c1-c1c(O)ccc2ccccc12. The first-order valence-electron chi connectivity index (χ1n) is 11.6. The van der Waals surface area contributed by atoms with Crippen molar-refractivity contribution in [3.05, 3.63) is 121 Å². The molecule has 0 amide bonds. The van der Waals surface area contributed by atoms with Crippen molar-refractivity contribution in [2.24, 2.45) is 0 Å². The zero-order valence-corrected chi connectivity index (χ0v) is 18.9. The van der Waals surface area contributed by atoms with E-state index >= 15 is 0 Å². The van der Waals surface area contributed by atoms with E-state index in [1.54, 1.807) is 6.07 Å². The van der Waals surface area contributed by atoms with Crippen LogP contribution >= 0.6 is 0 Å². The Hall–Kier alpha value is -4.63. The molecule has 3 nitrogen and oxygen atoms in total. The Balaban J connectivity index is 1.45. The highest BCUT2D eigenvalue weighted by Gasteiger charge is 2.19. The van der Waals surface area contributed by atoms with Crippen molar-refractivity contribution in [3.63, 3.8) is 0 Å². The molecule has 6 aromatic rings. The van der Waals surface area contributed by atoms with Gasteiger partial charge < -0.3 is 9.84 Å². The number of carbonyl (C=O) groups is 1. The Kier molecular flexibility index (Phi) is 5.16. The summed E-state index contributed by atoms with van der Waals surface area (Å²) in [4.78, 5) is 13.1. The number of hydrogen-bond donors (Lipinski definition) is 1. The molecule has 6 rings (SSSR count). The maximum atomic E-state index is 13.1. The van der Waals surface area contributed by atoms with Gasteiger partial charge in [-0.3, -0.25) is 4.79 Å². The Morgan fingerprint density at radius 2 is 1.17 bits per heavy atom. The molecular formula is C32H22O3. The number of esters is 1. The van der Waals surface area contributed by atoms with E-state index < -0.39 is 0 Å². The second kappa shape index (κ2) is 8.62. The van der Waals surface area contributed by atoms with Crippen LogP contribution in [0.25, 0.3) is 43.4 Å². The molecule has 168 valence electrons. The van der Waals surface area contributed by atoms with Crippen LogP contribution in [0.5, 0.6) is 11.5 Å². The number of phenolic OH excluding ortho intramolecular Hbond substituents is 1. The summed E-state index contributed by atoms with van der Waals surface area (Å²) < 4.78 is 5.98. The Bertz CT molecular complexity index is 1730. The molecule has 0 bridgehead atoms. The lowest BCUT2D eigenvalue weighted by Gasteiger charge is -2.17. The van der Waals surface area contributed by atoms with Gasteiger partial charge in [-0.15, -0.1) is 0 Å². The number of aromatic hydroxyl groups is 1. The van der Waals surface area contributed by atoms with Gasteiger partial charge in [0, 0.05) is 11.1 Å². The first-order chi connectivity index (χ1) is 17.2. The number of benzene rings is 6. The summed E-state index contributed by atoms with van der Waals surface area (Å²) in [5.41, 5.74) is 2.27. The van der Waals surface area contributed by atoms with Gasteiger partial charge in [0.15, 0.2) is 0 Å². The van der Waals surface area contributed by atoms with Crippen LogP contribution < -0.4 is 4.74 Å². The molecule has 0 spiro atoms. The van der Waals surface area contributed by atoms with Crippen LogP contribution in [-0.2, 0) is 11.2 Å².